The van der Waals surface area contributed by atoms with Gasteiger partial charge in [0.15, 0.2) is 0 Å². The fourth-order valence-electron chi connectivity index (χ4n) is 2.08. The van der Waals surface area contributed by atoms with Crippen LogP contribution in [0.25, 0.3) is 33.0 Å². The molecule has 0 aliphatic heterocycles. The summed E-state index contributed by atoms with van der Waals surface area (Å²) in [7, 11) is 0. The summed E-state index contributed by atoms with van der Waals surface area (Å²) in [5.74, 6) is 0. The van der Waals surface area contributed by atoms with Gasteiger partial charge in [0.1, 0.15) is 11.2 Å². The van der Waals surface area contributed by atoms with Gasteiger partial charge in [-0.1, -0.05) is 0 Å². The third-order valence-corrected chi connectivity index (χ3v) is 2.86. The minimum Gasteiger partial charge on any atom is -0.456 e. The Labute approximate surface area is 95.9 Å². The summed E-state index contributed by atoms with van der Waals surface area (Å²) < 4.78 is 5.75. The van der Waals surface area contributed by atoms with Crippen molar-refractivity contribution in [2.75, 3.05) is 0 Å². The highest BCUT2D eigenvalue weighted by Crippen LogP contribution is 2.29. The highest BCUT2D eigenvalue weighted by molar-refractivity contribution is 6.08. The summed E-state index contributed by atoms with van der Waals surface area (Å²) in [6.07, 6.45) is 6.90. The first kappa shape index (κ1) is 8.64. The lowest BCUT2D eigenvalue weighted by Gasteiger charge is -1.94. The van der Waals surface area contributed by atoms with Crippen molar-refractivity contribution in [3.63, 3.8) is 0 Å². The molecule has 4 heteroatoms. The number of hydrogen-bond acceptors (Lipinski definition) is 4. The molecule has 4 nitrogen and oxygen atoms in total. The standard InChI is InChI=1S/C13H7N3O/c1-2-14-7-9-8-5-10-11(16-4-3-15-10)6-13(8)17-12(1)9/h1-7H. The maximum Gasteiger partial charge on any atom is 0.138 e. The van der Waals surface area contributed by atoms with Crippen molar-refractivity contribution in [2.24, 2.45) is 0 Å². The molecule has 17 heavy (non-hydrogen) atoms. The van der Waals surface area contributed by atoms with Crippen LogP contribution in [0, 0.1) is 0 Å². The van der Waals surface area contributed by atoms with E-state index in [9.17, 15) is 0 Å². The van der Waals surface area contributed by atoms with Crippen molar-refractivity contribution < 1.29 is 4.42 Å². The molecule has 4 rings (SSSR count). The monoisotopic (exact) mass is 221 g/mol. The number of furan rings is 1. The van der Waals surface area contributed by atoms with Crippen LogP contribution in [0.1, 0.15) is 0 Å². The fourth-order valence-corrected chi connectivity index (χ4v) is 2.08. The van der Waals surface area contributed by atoms with E-state index in [2.05, 4.69) is 15.0 Å². The normalized spacial score (nSPS) is 11.5. The number of fused-ring (bicyclic) bond motifs is 4. The molecule has 0 saturated heterocycles. The Bertz CT molecular complexity index is 845. The number of nitrogens with zero attached hydrogens (tertiary/aromatic N) is 3. The molecule has 0 saturated carbocycles. The molecule has 4 aromatic rings. The van der Waals surface area contributed by atoms with Crippen LogP contribution in [0.3, 0.4) is 0 Å². The summed E-state index contributed by atoms with van der Waals surface area (Å²) in [6, 6.07) is 5.77. The van der Waals surface area contributed by atoms with Gasteiger partial charge in [0.25, 0.3) is 0 Å². The van der Waals surface area contributed by atoms with E-state index in [1.54, 1.807) is 18.6 Å². The molecule has 0 aliphatic rings. The topological polar surface area (TPSA) is 51.8 Å². The van der Waals surface area contributed by atoms with Crippen molar-refractivity contribution in [3.8, 4) is 0 Å². The SMILES string of the molecule is c1cc2oc3cc4nccnc4cc3c2cn1. The average molecular weight is 221 g/mol. The Hall–Kier alpha value is -2.49. The van der Waals surface area contributed by atoms with Gasteiger partial charge in [0.05, 0.1) is 11.0 Å². The molecule has 0 amide bonds. The van der Waals surface area contributed by atoms with E-state index in [0.717, 1.165) is 33.0 Å². The second-order valence-corrected chi connectivity index (χ2v) is 3.87. The fraction of sp³-hybridized carbons (Fsp3) is 0. The van der Waals surface area contributed by atoms with Crippen molar-refractivity contribution in [3.05, 3.63) is 43.0 Å². The highest BCUT2D eigenvalue weighted by Gasteiger charge is 2.08. The van der Waals surface area contributed by atoms with Gasteiger partial charge in [-0.3, -0.25) is 15.0 Å². The molecule has 0 spiro atoms. The molecule has 0 unspecified atom stereocenters. The summed E-state index contributed by atoms with van der Waals surface area (Å²) in [5, 5.41) is 2.04. The third kappa shape index (κ3) is 1.15. The molecule has 80 valence electrons. The molecule has 0 bridgehead atoms. The maximum atomic E-state index is 5.75. The lowest BCUT2D eigenvalue weighted by Crippen LogP contribution is -1.81. The molecule has 1 aromatic carbocycles. The van der Waals surface area contributed by atoms with Crippen LogP contribution in [0.4, 0.5) is 0 Å². The van der Waals surface area contributed by atoms with Crippen LogP contribution >= 0.6 is 0 Å². The Kier molecular flexibility index (Phi) is 1.53. The second kappa shape index (κ2) is 3.01. The molecule has 0 aliphatic carbocycles. The number of pyridine rings is 1. The predicted molar refractivity (Wildman–Crippen MR) is 64.6 cm³/mol. The average Bonchev–Trinajstić information content (AvgIpc) is 2.73. The van der Waals surface area contributed by atoms with Gasteiger partial charge >= 0.3 is 0 Å². The second-order valence-electron chi connectivity index (χ2n) is 3.87. The Morgan fingerprint density at radius 2 is 1.65 bits per heavy atom. The predicted octanol–water partition coefficient (Wildman–Crippen LogP) is 2.92. The van der Waals surface area contributed by atoms with E-state index in [-0.39, 0.29) is 0 Å². The van der Waals surface area contributed by atoms with E-state index < -0.39 is 0 Å². The van der Waals surface area contributed by atoms with Crippen molar-refractivity contribution in [1.29, 1.82) is 0 Å². The molecular weight excluding hydrogens is 214 g/mol. The van der Waals surface area contributed by atoms with E-state index in [0.29, 0.717) is 0 Å². The molecule has 0 N–H and O–H groups in total. The van der Waals surface area contributed by atoms with Crippen LogP contribution in [0.15, 0.2) is 47.4 Å². The zero-order chi connectivity index (χ0) is 11.2. The minimum atomic E-state index is 0.820. The molecule has 0 fully saturated rings. The Morgan fingerprint density at radius 3 is 2.53 bits per heavy atom. The lowest BCUT2D eigenvalue weighted by atomic mass is 10.2. The molecule has 0 atom stereocenters. The molecular formula is C13H7N3O. The first-order valence-electron chi connectivity index (χ1n) is 5.29. The molecule has 3 heterocycles. The summed E-state index contributed by atoms with van der Waals surface area (Å²) in [6.45, 7) is 0. The highest BCUT2D eigenvalue weighted by atomic mass is 16.3. The zero-order valence-corrected chi connectivity index (χ0v) is 8.79. The van der Waals surface area contributed by atoms with Gasteiger partial charge in [0.2, 0.25) is 0 Å². The molecule has 3 aromatic heterocycles. The van der Waals surface area contributed by atoms with Gasteiger partial charge < -0.3 is 4.42 Å². The first-order valence-corrected chi connectivity index (χ1v) is 5.29. The van der Waals surface area contributed by atoms with Crippen LogP contribution in [-0.2, 0) is 0 Å². The van der Waals surface area contributed by atoms with E-state index >= 15 is 0 Å². The summed E-state index contributed by atoms with van der Waals surface area (Å²) >= 11 is 0. The van der Waals surface area contributed by atoms with Crippen molar-refractivity contribution in [2.45, 2.75) is 0 Å². The summed E-state index contributed by atoms with van der Waals surface area (Å²) in [4.78, 5) is 12.7. The number of rotatable bonds is 0. The van der Waals surface area contributed by atoms with E-state index in [4.69, 9.17) is 4.42 Å². The van der Waals surface area contributed by atoms with Gasteiger partial charge in [-0.25, -0.2) is 0 Å². The van der Waals surface area contributed by atoms with Gasteiger partial charge in [-0.2, -0.15) is 0 Å². The maximum absolute atomic E-state index is 5.75. The van der Waals surface area contributed by atoms with Crippen molar-refractivity contribution >= 4 is 33.0 Å². The number of hydrogen-bond donors (Lipinski definition) is 0. The zero-order valence-electron chi connectivity index (χ0n) is 8.79. The van der Waals surface area contributed by atoms with Gasteiger partial charge in [0, 0.05) is 41.6 Å². The number of aromatic nitrogens is 3. The van der Waals surface area contributed by atoms with Crippen LogP contribution in [-0.4, -0.2) is 15.0 Å². The van der Waals surface area contributed by atoms with Crippen LogP contribution in [0.5, 0.6) is 0 Å². The van der Waals surface area contributed by atoms with Crippen molar-refractivity contribution in [1.82, 2.24) is 15.0 Å². The van der Waals surface area contributed by atoms with Gasteiger partial charge in [-0.15, -0.1) is 0 Å². The van der Waals surface area contributed by atoms with Crippen LogP contribution < -0.4 is 0 Å². The third-order valence-electron chi connectivity index (χ3n) is 2.86. The smallest absolute Gasteiger partial charge is 0.138 e. The minimum absolute atomic E-state index is 0.820. The Morgan fingerprint density at radius 1 is 0.824 bits per heavy atom. The molecule has 0 radical (unpaired) electrons. The Balaban J connectivity index is 2.28. The van der Waals surface area contributed by atoms with E-state index in [1.807, 2.05) is 24.4 Å². The van der Waals surface area contributed by atoms with Crippen LogP contribution in [0.2, 0.25) is 0 Å². The quantitative estimate of drug-likeness (QED) is 0.458. The largest absolute Gasteiger partial charge is 0.456 e. The first-order chi connectivity index (χ1) is 8.42. The van der Waals surface area contributed by atoms with Gasteiger partial charge in [-0.05, 0) is 12.1 Å². The van der Waals surface area contributed by atoms with E-state index in [1.165, 1.54) is 0 Å². The lowest BCUT2D eigenvalue weighted by molar-refractivity contribution is 0.669. The summed E-state index contributed by atoms with van der Waals surface area (Å²) in [5.41, 5.74) is 3.37. The number of benzene rings is 1.